The molecule has 4 rings (SSSR count). The molecule has 0 spiro atoms. The molecule has 1 fully saturated rings. The number of carbonyl (C=O) groups is 3. The Labute approximate surface area is 208 Å². The van der Waals surface area contributed by atoms with Crippen molar-refractivity contribution in [3.05, 3.63) is 48.0 Å². The zero-order chi connectivity index (χ0) is 23.5. The molecule has 8 nitrogen and oxygen atoms in total. The molecule has 0 unspecified atom stereocenters. The minimum atomic E-state index is -0.243. The minimum Gasteiger partial charge on any atom is -0.497 e. The van der Waals surface area contributed by atoms with Crippen LogP contribution in [0, 0.1) is 0 Å². The summed E-state index contributed by atoms with van der Waals surface area (Å²) in [7, 11) is 5.59. The third kappa shape index (κ3) is 5.38. The average Bonchev–Trinajstić information content (AvgIpc) is 3.37. The van der Waals surface area contributed by atoms with Crippen molar-refractivity contribution in [3.8, 4) is 5.75 Å². The third-order valence-electron chi connectivity index (χ3n) is 5.45. The van der Waals surface area contributed by atoms with Gasteiger partial charge >= 0.3 is 0 Å². The fourth-order valence-corrected chi connectivity index (χ4v) is 4.78. The van der Waals surface area contributed by atoms with Crippen molar-refractivity contribution in [1.29, 1.82) is 0 Å². The molecule has 34 heavy (non-hydrogen) atoms. The monoisotopic (exact) mass is 502 g/mol. The van der Waals surface area contributed by atoms with Crippen LogP contribution < -0.4 is 14.5 Å². The zero-order valence-electron chi connectivity index (χ0n) is 19.3. The standard InChI is InChI=1S/C24H26N4O4S.ClH/c1-26(2)12-5-13-27(24-25-19-9-8-18(32-3)15-20(19)33-24)23(31)16-6-4-7-17(14-16)28-21(29)10-11-22(28)30;/h4,6-9,14-15H,5,10-13H2,1-3H3;1H. The van der Waals surface area contributed by atoms with Crippen LogP contribution in [0.2, 0.25) is 0 Å². The van der Waals surface area contributed by atoms with E-state index in [1.54, 1.807) is 36.3 Å². The van der Waals surface area contributed by atoms with Crippen LogP contribution >= 0.6 is 23.7 Å². The van der Waals surface area contributed by atoms with E-state index in [0.29, 0.717) is 22.9 Å². The second-order valence-electron chi connectivity index (χ2n) is 8.12. The molecule has 3 aromatic rings. The Morgan fingerprint density at radius 1 is 1.09 bits per heavy atom. The highest BCUT2D eigenvalue weighted by Gasteiger charge is 2.31. The molecule has 0 bridgehead atoms. The van der Waals surface area contributed by atoms with E-state index in [9.17, 15) is 14.4 Å². The van der Waals surface area contributed by atoms with Crippen LogP contribution in [0.25, 0.3) is 10.2 Å². The quantitative estimate of drug-likeness (QED) is 0.433. The van der Waals surface area contributed by atoms with Crippen LogP contribution in [-0.2, 0) is 9.59 Å². The number of nitrogens with zero attached hydrogens (tertiary/aromatic N) is 4. The van der Waals surface area contributed by atoms with Gasteiger partial charge in [-0.05, 0) is 63.5 Å². The Kier molecular flexibility index (Phi) is 8.24. The molecule has 0 saturated carbocycles. The first-order valence-electron chi connectivity index (χ1n) is 10.7. The number of aromatic nitrogens is 1. The van der Waals surface area contributed by atoms with E-state index in [1.165, 1.54) is 11.3 Å². The summed E-state index contributed by atoms with van der Waals surface area (Å²) in [4.78, 5) is 47.5. The second kappa shape index (κ2) is 10.9. The number of hydrogen-bond donors (Lipinski definition) is 0. The fraction of sp³-hybridized carbons (Fsp3) is 0.333. The molecule has 0 radical (unpaired) electrons. The average molecular weight is 503 g/mol. The number of hydrogen-bond acceptors (Lipinski definition) is 7. The first-order chi connectivity index (χ1) is 15.9. The van der Waals surface area contributed by atoms with Crippen molar-refractivity contribution in [2.75, 3.05) is 44.1 Å². The van der Waals surface area contributed by atoms with Crippen LogP contribution in [-0.4, -0.2) is 61.9 Å². The Morgan fingerprint density at radius 2 is 1.82 bits per heavy atom. The molecule has 10 heteroatoms. The van der Waals surface area contributed by atoms with Gasteiger partial charge in [0.2, 0.25) is 11.8 Å². The fourth-order valence-electron chi connectivity index (χ4n) is 3.76. The predicted molar refractivity (Wildman–Crippen MR) is 136 cm³/mol. The highest BCUT2D eigenvalue weighted by Crippen LogP contribution is 2.33. The number of carbonyl (C=O) groups excluding carboxylic acids is 3. The van der Waals surface area contributed by atoms with Crippen LogP contribution in [0.5, 0.6) is 5.75 Å². The molecule has 180 valence electrons. The number of benzene rings is 2. The summed E-state index contributed by atoms with van der Waals surface area (Å²) in [6.45, 7) is 1.30. The maximum atomic E-state index is 13.6. The van der Waals surface area contributed by atoms with E-state index in [2.05, 4.69) is 4.90 Å². The maximum Gasteiger partial charge on any atom is 0.260 e. The van der Waals surface area contributed by atoms with Gasteiger partial charge in [0.25, 0.3) is 5.91 Å². The van der Waals surface area contributed by atoms with E-state index in [-0.39, 0.29) is 43.0 Å². The topological polar surface area (TPSA) is 83.1 Å². The Morgan fingerprint density at radius 3 is 2.50 bits per heavy atom. The number of amides is 3. The Hall–Kier alpha value is -3.01. The van der Waals surface area contributed by atoms with Gasteiger partial charge in [0.1, 0.15) is 5.75 Å². The minimum absolute atomic E-state index is 0. The number of rotatable bonds is 8. The molecule has 1 aliphatic heterocycles. The molecule has 2 heterocycles. The zero-order valence-corrected chi connectivity index (χ0v) is 20.9. The van der Waals surface area contributed by atoms with Gasteiger partial charge < -0.3 is 9.64 Å². The van der Waals surface area contributed by atoms with Crippen LogP contribution in [0.15, 0.2) is 42.5 Å². The molecule has 0 aliphatic carbocycles. The van der Waals surface area contributed by atoms with Crippen molar-refractivity contribution < 1.29 is 19.1 Å². The van der Waals surface area contributed by atoms with Crippen molar-refractivity contribution in [2.45, 2.75) is 19.3 Å². The van der Waals surface area contributed by atoms with Gasteiger partial charge in [0.15, 0.2) is 5.13 Å². The number of halogens is 1. The first-order valence-corrected chi connectivity index (χ1v) is 11.6. The van der Waals surface area contributed by atoms with Gasteiger partial charge in [-0.3, -0.25) is 24.2 Å². The molecule has 2 aromatic carbocycles. The van der Waals surface area contributed by atoms with E-state index in [1.807, 2.05) is 32.3 Å². The lowest BCUT2D eigenvalue weighted by molar-refractivity contribution is -0.121. The highest BCUT2D eigenvalue weighted by atomic mass is 35.5. The van der Waals surface area contributed by atoms with Crippen LogP contribution in [0.3, 0.4) is 0 Å². The molecular weight excluding hydrogens is 476 g/mol. The lowest BCUT2D eigenvalue weighted by Gasteiger charge is -2.22. The molecule has 1 aliphatic rings. The van der Waals surface area contributed by atoms with Gasteiger partial charge in [-0.1, -0.05) is 17.4 Å². The van der Waals surface area contributed by atoms with Gasteiger partial charge in [0, 0.05) is 24.9 Å². The smallest absolute Gasteiger partial charge is 0.260 e. The summed E-state index contributed by atoms with van der Waals surface area (Å²) < 4.78 is 6.24. The van der Waals surface area contributed by atoms with Gasteiger partial charge in [-0.25, -0.2) is 4.98 Å². The summed E-state index contributed by atoms with van der Waals surface area (Å²) >= 11 is 1.43. The van der Waals surface area contributed by atoms with Crippen molar-refractivity contribution >= 4 is 62.5 Å². The summed E-state index contributed by atoms with van der Waals surface area (Å²) in [5, 5.41) is 0.598. The first kappa shape index (κ1) is 25.6. The van der Waals surface area contributed by atoms with E-state index < -0.39 is 0 Å². The maximum absolute atomic E-state index is 13.6. The van der Waals surface area contributed by atoms with E-state index in [4.69, 9.17) is 9.72 Å². The number of fused-ring (bicyclic) bond motifs is 1. The molecule has 0 N–H and O–H groups in total. The molecule has 1 aromatic heterocycles. The number of thiazole rings is 1. The summed E-state index contributed by atoms with van der Waals surface area (Å²) in [5.41, 5.74) is 1.63. The van der Waals surface area contributed by atoms with E-state index in [0.717, 1.165) is 33.8 Å². The summed E-state index contributed by atoms with van der Waals surface area (Å²) in [5.74, 6) is 0.0247. The Balaban J connectivity index is 0.00000324. The van der Waals surface area contributed by atoms with Crippen molar-refractivity contribution in [3.63, 3.8) is 0 Å². The van der Waals surface area contributed by atoms with E-state index >= 15 is 0 Å². The number of imide groups is 1. The molecule has 3 amide bonds. The molecule has 0 atom stereocenters. The number of ether oxygens (including phenoxy) is 1. The van der Waals surface area contributed by atoms with Crippen LogP contribution in [0.4, 0.5) is 10.8 Å². The third-order valence-corrected chi connectivity index (χ3v) is 6.49. The largest absolute Gasteiger partial charge is 0.497 e. The summed E-state index contributed by atoms with van der Waals surface area (Å²) in [6.07, 6.45) is 1.16. The predicted octanol–water partition coefficient (Wildman–Crippen LogP) is 3.98. The second-order valence-corrected chi connectivity index (χ2v) is 9.13. The van der Waals surface area contributed by atoms with Crippen LogP contribution in [0.1, 0.15) is 29.6 Å². The van der Waals surface area contributed by atoms with Gasteiger partial charge in [-0.2, -0.15) is 0 Å². The van der Waals surface area contributed by atoms with Crippen molar-refractivity contribution in [2.24, 2.45) is 0 Å². The molecule has 1 saturated heterocycles. The lowest BCUT2D eigenvalue weighted by Crippen LogP contribution is -2.34. The summed E-state index contributed by atoms with van der Waals surface area (Å²) in [6, 6.07) is 12.3. The lowest BCUT2D eigenvalue weighted by atomic mass is 10.1. The highest BCUT2D eigenvalue weighted by molar-refractivity contribution is 7.22. The van der Waals surface area contributed by atoms with Gasteiger partial charge in [-0.15, -0.1) is 12.4 Å². The number of methoxy groups -OCH3 is 1. The number of anilines is 2. The molecular formula is C24H27ClN4O4S. The SMILES string of the molecule is COc1ccc2nc(N(CCCN(C)C)C(=O)c3cccc(N4C(=O)CCC4=O)c3)sc2c1.Cl. The Bertz CT molecular complexity index is 1200. The van der Waals surface area contributed by atoms with Gasteiger partial charge in [0.05, 0.1) is 23.0 Å². The van der Waals surface area contributed by atoms with Crippen molar-refractivity contribution in [1.82, 2.24) is 9.88 Å². The normalized spacial score (nSPS) is 13.5.